The monoisotopic (exact) mass is 288 g/mol. The fourth-order valence-electron chi connectivity index (χ4n) is 1.95. The fourth-order valence-corrected chi connectivity index (χ4v) is 1.95. The molecule has 0 amide bonds. The molecular formula is C14H28N2O4. The summed E-state index contributed by atoms with van der Waals surface area (Å²) in [4.78, 5) is 0. The highest BCUT2D eigenvalue weighted by molar-refractivity contribution is 5.34. The third-order valence-corrected chi connectivity index (χ3v) is 2.98. The van der Waals surface area contributed by atoms with Crippen LogP contribution in [0.1, 0.15) is 27.7 Å². The number of rotatable bonds is 9. The Bertz CT molecular complexity index is 315. The highest BCUT2D eigenvalue weighted by Crippen LogP contribution is 2.40. The number of hydrogen-bond acceptors (Lipinski definition) is 6. The van der Waals surface area contributed by atoms with Crippen molar-refractivity contribution >= 4 is 0 Å². The van der Waals surface area contributed by atoms with Crippen LogP contribution < -0.4 is 10.6 Å². The van der Waals surface area contributed by atoms with Gasteiger partial charge in [0.1, 0.15) is 13.0 Å². The van der Waals surface area contributed by atoms with Crippen molar-refractivity contribution < 1.29 is 19.3 Å². The summed E-state index contributed by atoms with van der Waals surface area (Å²) in [5.74, 6) is 0.0297. The molecule has 3 N–H and O–H groups in total. The van der Waals surface area contributed by atoms with Crippen molar-refractivity contribution in [2.75, 3.05) is 27.2 Å². The van der Waals surface area contributed by atoms with Gasteiger partial charge in [0, 0.05) is 12.0 Å². The van der Waals surface area contributed by atoms with Gasteiger partial charge in [0.05, 0.1) is 25.7 Å². The molecule has 0 radical (unpaired) electrons. The van der Waals surface area contributed by atoms with Gasteiger partial charge < -0.3 is 19.3 Å². The van der Waals surface area contributed by atoms with Gasteiger partial charge >= 0.3 is 0 Å². The summed E-state index contributed by atoms with van der Waals surface area (Å²) in [6, 6.07) is 0.0821. The molecule has 3 atom stereocenters. The zero-order valence-corrected chi connectivity index (χ0v) is 13.1. The number of aliphatic hydroxyl groups is 1. The van der Waals surface area contributed by atoms with E-state index in [1.807, 2.05) is 27.7 Å². The Hall–Kier alpha value is -0.660. The Balaban J connectivity index is 2.27. The lowest BCUT2D eigenvalue weighted by Crippen LogP contribution is -2.34. The highest BCUT2D eigenvalue weighted by Gasteiger charge is 2.48. The number of nitrogens with one attached hydrogen (secondary N) is 2. The maximum Gasteiger partial charge on any atom is 0.149 e. The Morgan fingerprint density at radius 3 is 2.65 bits per heavy atom. The SMILES string of the molecule is CCNC(O)[C@H]1/C(=C\OC)C1NCOCOC(C)(C)C. The molecule has 0 aromatic carbocycles. The minimum absolute atomic E-state index is 0.0297. The van der Waals surface area contributed by atoms with Crippen molar-refractivity contribution in [2.45, 2.75) is 45.6 Å². The standard InChI is InChI=1S/C14H28N2O4/c1-6-15-13(17)11-10(7-18-5)12(11)16-8-19-9-20-14(2,3)4/h7,11-13,15-17H,6,8-9H2,1-5H3/b10-7+/t11-,12?,13?/m0/s1. The minimum atomic E-state index is -0.565. The van der Waals surface area contributed by atoms with Crippen molar-refractivity contribution in [2.24, 2.45) is 5.92 Å². The summed E-state index contributed by atoms with van der Waals surface area (Å²) in [6.07, 6.45) is 1.11. The van der Waals surface area contributed by atoms with Crippen molar-refractivity contribution in [1.29, 1.82) is 0 Å². The van der Waals surface area contributed by atoms with Crippen LogP contribution in [0.3, 0.4) is 0 Å². The number of methoxy groups -OCH3 is 1. The highest BCUT2D eigenvalue weighted by atomic mass is 16.7. The topological polar surface area (TPSA) is 72.0 Å². The molecular weight excluding hydrogens is 260 g/mol. The predicted molar refractivity (Wildman–Crippen MR) is 76.8 cm³/mol. The normalized spacial score (nSPS) is 25.8. The first kappa shape index (κ1) is 17.4. The molecule has 20 heavy (non-hydrogen) atoms. The van der Waals surface area contributed by atoms with E-state index in [1.165, 1.54) is 0 Å². The molecule has 2 unspecified atom stereocenters. The van der Waals surface area contributed by atoms with E-state index in [0.717, 1.165) is 12.1 Å². The van der Waals surface area contributed by atoms with Crippen LogP contribution in [-0.2, 0) is 14.2 Å². The predicted octanol–water partition coefficient (Wildman–Crippen LogP) is 0.779. The molecule has 0 aromatic rings. The van der Waals surface area contributed by atoms with Crippen LogP contribution in [0.4, 0.5) is 0 Å². The maximum atomic E-state index is 9.95. The van der Waals surface area contributed by atoms with E-state index in [9.17, 15) is 5.11 Å². The van der Waals surface area contributed by atoms with E-state index in [4.69, 9.17) is 14.2 Å². The summed E-state index contributed by atoms with van der Waals surface area (Å²) >= 11 is 0. The van der Waals surface area contributed by atoms with Crippen molar-refractivity contribution in [3.63, 3.8) is 0 Å². The number of aliphatic hydroxyl groups excluding tert-OH is 1. The number of hydrogen-bond donors (Lipinski definition) is 3. The summed E-state index contributed by atoms with van der Waals surface area (Å²) in [5, 5.41) is 16.2. The second-order valence-electron chi connectivity index (χ2n) is 5.79. The first-order valence-electron chi connectivity index (χ1n) is 7.00. The Morgan fingerprint density at radius 2 is 2.10 bits per heavy atom. The molecule has 0 spiro atoms. The van der Waals surface area contributed by atoms with Gasteiger partial charge in [-0.05, 0) is 32.9 Å². The van der Waals surface area contributed by atoms with Crippen LogP contribution in [-0.4, -0.2) is 50.2 Å². The molecule has 0 bridgehead atoms. The maximum absolute atomic E-state index is 9.95. The quantitative estimate of drug-likeness (QED) is 0.331. The van der Waals surface area contributed by atoms with Crippen LogP contribution in [0, 0.1) is 5.92 Å². The van der Waals surface area contributed by atoms with Gasteiger partial charge in [-0.15, -0.1) is 0 Å². The van der Waals surface area contributed by atoms with Gasteiger partial charge in [-0.1, -0.05) is 6.92 Å². The molecule has 6 nitrogen and oxygen atoms in total. The molecule has 118 valence electrons. The smallest absolute Gasteiger partial charge is 0.149 e. The van der Waals surface area contributed by atoms with Gasteiger partial charge in [0.2, 0.25) is 0 Å². The van der Waals surface area contributed by atoms with E-state index in [2.05, 4.69) is 10.6 Å². The van der Waals surface area contributed by atoms with E-state index in [0.29, 0.717) is 6.73 Å². The molecule has 0 aliphatic heterocycles. The Labute approximate surface area is 121 Å². The molecule has 1 saturated carbocycles. The van der Waals surface area contributed by atoms with E-state index < -0.39 is 6.23 Å². The molecule has 0 heterocycles. The van der Waals surface area contributed by atoms with Crippen molar-refractivity contribution in [3.05, 3.63) is 11.8 Å². The lowest BCUT2D eigenvalue weighted by Gasteiger charge is -2.19. The number of ether oxygens (including phenoxy) is 3. The summed E-state index contributed by atoms with van der Waals surface area (Å²) in [6.45, 7) is 9.23. The lowest BCUT2D eigenvalue weighted by molar-refractivity contribution is -0.123. The Morgan fingerprint density at radius 1 is 1.40 bits per heavy atom. The van der Waals surface area contributed by atoms with Gasteiger partial charge in [-0.25, -0.2) is 0 Å². The third-order valence-electron chi connectivity index (χ3n) is 2.98. The van der Waals surface area contributed by atoms with Crippen LogP contribution in [0.15, 0.2) is 11.8 Å². The summed E-state index contributed by atoms with van der Waals surface area (Å²) in [7, 11) is 1.60. The van der Waals surface area contributed by atoms with Crippen molar-refractivity contribution in [1.82, 2.24) is 10.6 Å². The van der Waals surface area contributed by atoms with Crippen LogP contribution in [0.2, 0.25) is 0 Å². The minimum Gasteiger partial charge on any atom is -0.504 e. The average molecular weight is 288 g/mol. The molecule has 0 aromatic heterocycles. The second-order valence-corrected chi connectivity index (χ2v) is 5.79. The van der Waals surface area contributed by atoms with Crippen molar-refractivity contribution in [3.8, 4) is 0 Å². The molecule has 0 saturated heterocycles. The molecule has 1 aliphatic rings. The summed E-state index contributed by atoms with van der Waals surface area (Å²) < 4.78 is 15.8. The van der Waals surface area contributed by atoms with Gasteiger partial charge in [-0.2, -0.15) is 0 Å². The summed E-state index contributed by atoms with van der Waals surface area (Å²) in [5.41, 5.74) is 0.839. The van der Waals surface area contributed by atoms with Gasteiger partial charge in [0.25, 0.3) is 0 Å². The Kier molecular flexibility index (Phi) is 6.91. The van der Waals surface area contributed by atoms with Crippen LogP contribution >= 0.6 is 0 Å². The lowest BCUT2D eigenvalue weighted by atomic mass is 10.2. The van der Waals surface area contributed by atoms with Crippen LogP contribution in [0.25, 0.3) is 0 Å². The molecule has 1 aliphatic carbocycles. The average Bonchev–Trinajstić information content (AvgIpc) is 3.01. The first-order valence-corrected chi connectivity index (χ1v) is 7.00. The van der Waals surface area contributed by atoms with E-state index in [1.54, 1.807) is 13.4 Å². The molecule has 1 fully saturated rings. The zero-order valence-electron chi connectivity index (χ0n) is 13.1. The zero-order chi connectivity index (χ0) is 15.2. The third kappa shape index (κ3) is 5.76. The van der Waals surface area contributed by atoms with Gasteiger partial charge in [0.15, 0.2) is 0 Å². The fraction of sp³-hybridized carbons (Fsp3) is 0.857. The van der Waals surface area contributed by atoms with E-state index >= 15 is 0 Å². The second kappa shape index (κ2) is 7.95. The largest absolute Gasteiger partial charge is 0.504 e. The molecule has 6 heteroatoms. The van der Waals surface area contributed by atoms with E-state index in [-0.39, 0.29) is 24.4 Å². The van der Waals surface area contributed by atoms with Gasteiger partial charge in [-0.3, -0.25) is 10.6 Å². The first-order chi connectivity index (χ1) is 9.40. The molecule has 1 rings (SSSR count). The van der Waals surface area contributed by atoms with Crippen LogP contribution in [0.5, 0.6) is 0 Å².